The van der Waals surface area contributed by atoms with E-state index in [1.807, 2.05) is 0 Å². The van der Waals surface area contributed by atoms with Crippen LogP contribution in [0.4, 0.5) is 0 Å². The Kier molecular flexibility index (Phi) is 5.83. The lowest BCUT2D eigenvalue weighted by Crippen LogP contribution is -2.53. The molecule has 0 unspecified atom stereocenters. The monoisotopic (exact) mass is 398 g/mol. The maximum Gasteiger partial charge on any atom is 0.375 e. The summed E-state index contributed by atoms with van der Waals surface area (Å²) in [6.07, 6.45) is 3.11. The van der Waals surface area contributed by atoms with Gasteiger partial charge in [0.1, 0.15) is 16.9 Å². The molecule has 1 saturated carbocycles. The van der Waals surface area contributed by atoms with Crippen molar-refractivity contribution in [2.75, 3.05) is 14.2 Å². The van der Waals surface area contributed by atoms with Gasteiger partial charge in [0, 0.05) is 18.0 Å². The molecule has 0 radical (unpaired) electrons. The molecule has 0 bridgehead atoms. The zero-order valence-corrected chi connectivity index (χ0v) is 17.3. The molecule has 0 aliphatic heterocycles. The summed E-state index contributed by atoms with van der Waals surface area (Å²) in [6, 6.07) is 7.56. The Bertz CT molecular complexity index is 965. The fraction of sp³-hybridized carbons (Fsp3) is 0.500. The topological polar surface area (TPSA) is 92.8 Å². The van der Waals surface area contributed by atoms with Gasteiger partial charge >= 0.3 is 5.97 Å². The number of nitrogens with zero attached hydrogens (tertiary/aromatic N) is 2. The summed E-state index contributed by atoms with van der Waals surface area (Å²) in [6.45, 7) is 3.28. The average molecular weight is 398 g/mol. The lowest BCUT2D eigenvalue weighted by molar-refractivity contribution is -0.143. The number of rotatable bonds is 5. The number of furan rings is 1. The van der Waals surface area contributed by atoms with Crippen molar-refractivity contribution >= 4 is 22.8 Å². The summed E-state index contributed by atoms with van der Waals surface area (Å²) in [5.74, 6) is -0.386. The van der Waals surface area contributed by atoms with Crippen LogP contribution in [0.1, 0.15) is 55.1 Å². The first-order chi connectivity index (χ1) is 13.8. The van der Waals surface area contributed by atoms with Gasteiger partial charge in [-0.25, -0.2) is 4.79 Å². The summed E-state index contributed by atoms with van der Waals surface area (Å²) in [4.78, 5) is 27.0. The first kappa shape index (κ1) is 20.7. The SMILES string of the molecule is COc1ccc2oc(C(=O)O[C@H](C)C(=O)N(C)C3(C#N)CCCCC3)c(C)c2c1. The van der Waals surface area contributed by atoms with Crippen molar-refractivity contribution in [2.45, 2.75) is 57.6 Å². The highest BCUT2D eigenvalue weighted by Crippen LogP contribution is 2.33. The molecular formula is C22H26N2O5. The van der Waals surface area contributed by atoms with Crippen LogP contribution < -0.4 is 4.74 Å². The van der Waals surface area contributed by atoms with Crippen molar-refractivity contribution in [3.05, 3.63) is 29.5 Å². The molecule has 7 heteroatoms. The van der Waals surface area contributed by atoms with E-state index in [-0.39, 0.29) is 5.76 Å². The number of ether oxygens (including phenoxy) is 2. The second kappa shape index (κ2) is 8.16. The van der Waals surface area contributed by atoms with E-state index in [0.717, 1.165) is 24.6 Å². The fourth-order valence-corrected chi connectivity index (χ4v) is 3.93. The maximum atomic E-state index is 12.9. The predicted molar refractivity (Wildman–Crippen MR) is 107 cm³/mol. The Morgan fingerprint density at radius 3 is 2.59 bits per heavy atom. The van der Waals surface area contributed by atoms with Crippen molar-refractivity contribution in [1.29, 1.82) is 5.26 Å². The molecule has 1 fully saturated rings. The highest BCUT2D eigenvalue weighted by molar-refractivity contribution is 5.97. The molecule has 0 spiro atoms. The highest BCUT2D eigenvalue weighted by atomic mass is 16.6. The van der Waals surface area contributed by atoms with E-state index in [4.69, 9.17) is 13.9 Å². The number of aryl methyl sites for hydroxylation is 1. The van der Waals surface area contributed by atoms with Gasteiger partial charge in [0.15, 0.2) is 6.10 Å². The zero-order chi connectivity index (χ0) is 21.2. The lowest BCUT2D eigenvalue weighted by atomic mass is 9.81. The molecule has 3 rings (SSSR count). The van der Waals surface area contributed by atoms with E-state index in [2.05, 4.69) is 6.07 Å². The smallest absolute Gasteiger partial charge is 0.375 e. The van der Waals surface area contributed by atoms with Crippen LogP contribution in [0.3, 0.4) is 0 Å². The summed E-state index contributed by atoms with van der Waals surface area (Å²) >= 11 is 0. The molecule has 1 amide bonds. The third-order valence-corrected chi connectivity index (χ3v) is 5.82. The van der Waals surface area contributed by atoms with E-state index in [0.29, 0.717) is 29.7 Å². The summed E-state index contributed by atoms with van der Waals surface area (Å²) in [7, 11) is 3.18. The zero-order valence-electron chi connectivity index (χ0n) is 17.3. The van der Waals surface area contributed by atoms with Gasteiger partial charge in [-0.05, 0) is 44.9 Å². The first-order valence-corrected chi connectivity index (χ1v) is 9.80. The normalized spacial score (nSPS) is 16.7. The minimum atomic E-state index is -1.03. The van der Waals surface area contributed by atoms with Gasteiger partial charge in [-0.15, -0.1) is 0 Å². The Morgan fingerprint density at radius 2 is 1.97 bits per heavy atom. The number of carbonyl (C=O) groups excluding carboxylic acids is 2. The third-order valence-electron chi connectivity index (χ3n) is 5.82. The molecule has 0 saturated heterocycles. The molecule has 29 heavy (non-hydrogen) atoms. The number of esters is 1. The van der Waals surface area contributed by atoms with Crippen molar-refractivity contribution in [3.8, 4) is 11.8 Å². The number of amides is 1. The summed E-state index contributed by atoms with van der Waals surface area (Å²) < 4.78 is 16.3. The van der Waals surface area contributed by atoms with Crippen LogP contribution in [0, 0.1) is 18.3 Å². The van der Waals surface area contributed by atoms with Crippen molar-refractivity contribution in [1.82, 2.24) is 4.90 Å². The van der Waals surface area contributed by atoms with Crippen molar-refractivity contribution in [3.63, 3.8) is 0 Å². The number of fused-ring (bicyclic) bond motifs is 1. The highest BCUT2D eigenvalue weighted by Gasteiger charge is 2.41. The molecule has 0 N–H and O–H groups in total. The van der Waals surface area contributed by atoms with Crippen LogP contribution >= 0.6 is 0 Å². The van der Waals surface area contributed by atoms with Crippen LogP contribution in [0.25, 0.3) is 11.0 Å². The molecule has 1 aliphatic rings. The maximum absolute atomic E-state index is 12.9. The van der Waals surface area contributed by atoms with Crippen molar-refractivity contribution in [2.24, 2.45) is 0 Å². The van der Waals surface area contributed by atoms with Crippen molar-refractivity contribution < 1.29 is 23.5 Å². The quantitative estimate of drug-likeness (QED) is 0.707. The Morgan fingerprint density at radius 1 is 1.28 bits per heavy atom. The predicted octanol–water partition coefficient (Wildman–Crippen LogP) is 3.98. The van der Waals surface area contributed by atoms with Crippen LogP contribution in [0.2, 0.25) is 0 Å². The number of nitriles is 1. The number of hydrogen-bond acceptors (Lipinski definition) is 6. The fourth-order valence-electron chi connectivity index (χ4n) is 3.93. The number of likely N-dealkylation sites (N-methyl/N-ethyl adjacent to an activating group) is 1. The van der Waals surface area contributed by atoms with Gasteiger partial charge in [-0.2, -0.15) is 5.26 Å². The van der Waals surface area contributed by atoms with Crippen LogP contribution in [-0.2, 0) is 9.53 Å². The Labute approximate surface area is 170 Å². The standard InChI is InChI=1S/C22H26N2O5/c1-14-17-12-16(27-4)8-9-18(17)29-19(14)21(26)28-15(2)20(25)24(3)22(13-23)10-6-5-7-11-22/h8-9,12,15H,5-7,10-11H2,1-4H3/t15-/m1/s1. The van der Waals surface area contributed by atoms with Gasteiger partial charge < -0.3 is 18.8 Å². The van der Waals surface area contributed by atoms with Gasteiger partial charge in [0.05, 0.1) is 13.2 Å². The summed E-state index contributed by atoms with van der Waals surface area (Å²) in [5, 5.41) is 10.4. The van der Waals surface area contributed by atoms with Gasteiger partial charge in [0.2, 0.25) is 5.76 Å². The van der Waals surface area contributed by atoms with Crippen LogP contribution in [0.15, 0.2) is 22.6 Å². The number of methoxy groups -OCH3 is 1. The molecule has 1 aliphatic carbocycles. The molecule has 1 heterocycles. The second-order valence-corrected chi connectivity index (χ2v) is 7.57. The molecule has 1 aromatic heterocycles. The molecular weight excluding hydrogens is 372 g/mol. The number of carbonyl (C=O) groups is 2. The molecule has 2 aromatic rings. The van der Waals surface area contributed by atoms with Gasteiger partial charge in [0.25, 0.3) is 5.91 Å². The van der Waals surface area contributed by atoms with Gasteiger partial charge in [-0.3, -0.25) is 4.79 Å². The second-order valence-electron chi connectivity index (χ2n) is 7.57. The number of benzene rings is 1. The molecule has 154 valence electrons. The van der Waals surface area contributed by atoms with E-state index in [1.165, 1.54) is 11.8 Å². The molecule has 1 atom stereocenters. The van der Waals surface area contributed by atoms with E-state index in [9.17, 15) is 14.9 Å². The first-order valence-electron chi connectivity index (χ1n) is 9.80. The largest absolute Gasteiger partial charge is 0.497 e. The van der Waals surface area contributed by atoms with Crippen LogP contribution in [-0.4, -0.2) is 42.6 Å². The third kappa shape index (κ3) is 3.80. The lowest BCUT2D eigenvalue weighted by Gasteiger charge is -2.39. The minimum Gasteiger partial charge on any atom is -0.497 e. The van der Waals surface area contributed by atoms with E-state index < -0.39 is 23.5 Å². The molecule has 7 nitrogen and oxygen atoms in total. The van der Waals surface area contributed by atoms with E-state index >= 15 is 0 Å². The van der Waals surface area contributed by atoms with Crippen LogP contribution in [0.5, 0.6) is 5.75 Å². The minimum absolute atomic E-state index is 0.0585. The van der Waals surface area contributed by atoms with Gasteiger partial charge in [-0.1, -0.05) is 19.3 Å². The molecule has 1 aromatic carbocycles. The average Bonchev–Trinajstić information content (AvgIpc) is 3.08. The Hall–Kier alpha value is -3.01. The Balaban J connectivity index is 1.76. The summed E-state index contributed by atoms with van der Waals surface area (Å²) in [5.41, 5.74) is 0.330. The van der Waals surface area contributed by atoms with E-state index in [1.54, 1.807) is 39.3 Å². The number of hydrogen-bond donors (Lipinski definition) is 0.